The van der Waals surface area contributed by atoms with E-state index in [0.29, 0.717) is 24.5 Å². The SMILES string of the molecule is O=C(CCc1ncc(-c2ccc(F)cc2)o1)N1CCCC1c1cccc(Br)c1. The van der Waals surface area contributed by atoms with E-state index in [-0.39, 0.29) is 17.8 Å². The lowest BCUT2D eigenvalue weighted by atomic mass is 10.0. The van der Waals surface area contributed by atoms with Crippen molar-refractivity contribution in [1.82, 2.24) is 9.88 Å². The standard InChI is InChI=1S/C22H20BrFN2O2/c23-17-4-1-3-16(13-17)19-5-2-12-26(19)22(27)11-10-21-25-14-20(28-21)15-6-8-18(24)9-7-15/h1,3-4,6-9,13-14,19H,2,5,10-12H2. The molecular weight excluding hydrogens is 423 g/mol. The predicted molar refractivity (Wildman–Crippen MR) is 108 cm³/mol. The summed E-state index contributed by atoms with van der Waals surface area (Å²) in [5, 5.41) is 0. The second-order valence-corrected chi connectivity index (χ2v) is 7.84. The molecule has 4 nitrogen and oxygen atoms in total. The zero-order valence-corrected chi connectivity index (χ0v) is 16.9. The molecule has 1 aliphatic heterocycles. The van der Waals surface area contributed by atoms with E-state index in [1.54, 1.807) is 18.3 Å². The highest BCUT2D eigenvalue weighted by atomic mass is 79.9. The van der Waals surface area contributed by atoms with Gasteiger partial charge in [-0.25, -0.2) is 9.37 Å². The molecule has 2 heterocycles. The highest BCUT2D eigenvalue weighted by Gasteiger charge is 2.29. The molecule has 2 aromatic carbocycles. The summed E-state index contributed by atoms with van der Waals surface area (Å²) in [6.07, 6.45) is 4.41. The molecule has 1 unspecified atom stereocenters. The van der Waals surface area contributed by atoms with E-state index in [0.717, 1.165) is 35.0 Å². The third-order valence-corrected chi connectivity index (χ3v) is 5.53. The second-order valence-electron chi connectivity index (χ2n) is 6.93. The van der Waals surface area contributed by atoms with Crippen molar-refractivity contribution in [3.8, 4) is 11.3 Å². The molecular formula is C22H20BrFN2O2. The predicted octanol–water partition coefficient (Wildman–Crippen LogP) is 5.54. The quantitative estimate of drug-likeness (QED) is 0.520. The van der Waals surface area contributed by atoms with Crippen LogP contribution in [0.15, 0.2) is 63.6 Å². The van der Waals surface area contributed by atoms with E-state index in [4.69, 9.17) is 4.42 Å². The van der Waals surface area contributed by atoms with Gasteiger partial charge < -0.3 is 9.32 Å². The van der Waals surface area contributed by atoms with Crippen LogP contribution in [0.5, 0.6) is 0 Å². The monoisotopic (exact) mass is 442 g/mol. The molecule has 1 amide bonds. The molecule has 0 N–H and O–H groups in total. The largest absolute Gasteiger partial charge is 0.441 e. The van der Waals surface area contributed by atoms with Crippen LogP contribution in [0.4, 0.5) is 4.39 Å². The highest BCUT2D eigenvalue weighted by molar-refractivity contribution is 9.10. The maximum Gasteiger partial charge on any atom is 0.223 e. The Bertz CT molecular complexity index is 971. The average Bonchev–Trinajstić information content (AvgIpc) is 3.36. The molecule has 28 heavy (non-hydrogen) atoms. The first-order chi connectivity index (χ1) is 13.6. The molecule has 1 aliphatic rings. The van der Waals surface area contributed by atoms with E-state index >= 15 is 0 Å². The molecule has 1 atom stereocenters. The molecule has 0 bridgehead atoms. The summed E-state index contributed by atoms with van der Waals surface area (Å²) in [6, 6.07) is 14.4. The van der Waals surface area contributed by atoms with E-state index in [2.05, 4.69) is 33.0 Å². The fraction of sp³-hybridized carbons (Fsp3) is 0.273. The van der Waals surface area contributed by atoms with Gasteiger partial charge in [-0.1, -0.05) is 28.1 Å². The number of aryl methyl sites for hydroxylation is 1. The summed E-state index contributed by atoms with van der Waals surface area (Å²) in [7, 11) is 0. The Morgan fingerprint density at radius 3 is 2.86 bits per heavy atom. The Morgan fingerprint density at radius 1 is 1.25 bits per heavy atom. The van der Waals surface area contributed by atoms with Gasteiger partial charge >= 0.3 is 0 Å². The van der Waals surface area contributed by atoms with Gasteiger partial charge in [0.2, 0.25) is 5.91 Å². The van der Waals surface area contributed by atoms with Crippen LogP contribution in [0, 0.1) is 5.82 Å². The number of rotatable bonds is 5. The van der Waals surface area contributed by atoms with Gasteiger partial charge in [-0.05, 0) is 54.8 Å². The van der Waals surface area contributed by atoms with Gasteiger partial charge in [-0.15, -0.1) is 0 Å². The van der Waals surface area contributed by atoms with E-state index < -0.39 is 0 Å². The number of nitrogens with zero attached hydrogens (tertiary/aromatic N) is 2. The molecule has 3 aromatic rings. The summed E-state index contributed by atoms with van der Waals surface area (Å²) >= 11 is 3.51. The Morgan fingerprint density at radius 2 is 2.07 bits per heavy atom. The van der Waals surface area contributed by atoms with Crippen molar-refractivity contribution in [3.05, 3.63) is 76.5 Å². The fourth-order valence-electron chi connectivity index (χ4n) is 3.66. The van der Waals surface area contributed by atoms with Gasteiger partial charge in [0.05, 0.1) is 12.2 Å². The highest BCUT2D eigenvalue weighted by Crippen LogP contribution is 2.33. The average molecular weight is 443 g/mol. The Hall–Kier alpha value is -2.47. The van der Waals surface area contributed by atoms with E-state index in [1.807, 2.05) is 17.0 Å². The molecule has 1 aromatic heterocycles. The molecule has 1 saturated heterocycles. The lowest BCUT2D eigenvalue weighted by molar-refractivity contribution is -0.132. The van der Waals surface area contributed by atoms with E-state index in [1.165, 1.54) is 12.1 Å². The lowest BCUT2D eigenvalue weighted by Gasteiger charge is -2.25. The van der Waals surface area contributed by atoms with Crippen LogP contribution in [0.3, 0.4) is 0 Å². The van der Waals surface area contributed by atoms with Gasteiger partial charge in [0.1, 0.15) is 5.82 Å². The maximum atomic E-state index is 13.1. The number of carbonyl (C=O) groups is 1. The first kappa shape index (κ1) is 18.9. The number of amides is 1. The van der Waals surface area contributed by atoms with Gasteiger partial charge in [0.15, 0.2) is 11.7 Å². The van der Waals surface area contributed by atoms with Crippen LogP contribution in [-0.2, 0) is 11.2 Å². The van der Waals surface area contributed by atoms with Crippen molar-refractivity contribution in [2.75, 3.05) is 6.54 Å². The Labute approximate surface area is 171 Å². The van der Waals surface area contributed by atoms with Crippen molar-refractivity contribution in [2.45, 2.75) is 31.7 Å². The molecule has 0 spiro atoms. The first-order valence-electron chi connectivity index (χ1n) is 9.36. The summed E-state index contributed by atoms with van der Waals surface area (Å²) in [4.78, 5) is 19.0. The van der Waals surface area contributed by atoms with Crippen molar-refractivity contribution in [1.29, 1.82) is 0 Å². The number of benzene rings is 2. The normalized spacial score (nSPS) is 16.5. The summed E-state index contributed by atoms with van der Waals surface area (Å²) in [6.45, 7) is 0.780. The number of carbonyl (C=O) groups excluding carboxylic acids is 1. The molecule has 144 valence electrons. The van der Waals surface area contributed by atoms with Gasteiger partial charge in [-0.2, -0.15) is 0 Å². The summed E-state index contributed by atoms with van der Waals surface area (Å²) < 4.78 is 19.8. The van der Waals surface area contributed by atoms with Crippen molar-refractivity contribution in [3.63, 3.8) is 0 Å². The first-order valence-corrected chi connectivity index (χ1v) is 10.1. The van der Waals surface area contributed by atoms with Crippen molar-refractivity contribution in [2.24, 2.45) is 0 Å². The van der Waals surface area contributed by atoms with Gasteiger partial charge in [-0.3, -0.25) is 4.79 Å². The van der Waals surface area contributed by atoms with Crippen LogP contribution in [0.1, 0.15) is 36.8 Å². The van der Waals surface area contributed by atoms with Crippen LogP contribution >= 0.6 is 15.9 Å². The number of oxazole rings is 1. The van der Waals surface area contributed by atoms with Crippen LogP contribution < -0.4 is 0 Å². The van der Waals surface area contributed by atoms with Gasteiger partial charge in [0, 0.05) is 29.4 Å². The minimum atomic E-state index is -0.292. The smallest absolute Gasteiger partial charge is 0.223 e. The summed E-state index contributed by atoms with van der Waals surface area (Å²) in [5.74, 6) is 0.921. The molecule has 6 heteroatoms. The second kappa shape index (κ2) is 8.27. The molecule has 0 saturated carbocycles. The Balaban J connectivity index is 1.39. The van der Waals surface area contributed by atoms with Gasteiger partial charge in [0.25, 0.3) is 0 Å². The van der Waals surface area contributed by atoms with Crippen LogP contribution in [0.25, 0.3) is 11.3 Å². The van der Waals surface area contributed by atoms with Crippen molar-refractivity contribution >= 4 is 21.8 Å². The number of likely N-dealkylation sites (tertiary alicyclic amines) is 1. The molecule has 4 rings (SSSR count). The summed E-state index contributed by atoms with van der Waals surface area (Å²) in [5.41, 5.74) is 1.93. The molecule has 0 radical (unpaired) electrons. The molecule has 1 fully saturated rings. The van der Waals surface area contributed by atoms with E-state index in [9.17, 15) is 9.18 Å². The topological polar surface area (TPSA) is 46.3 Å². The minimum absolute atomic E-state index is 0.115. The van der Waals surface area contributed by atoms with Crippen LogP contribution in [0.2, 0.25) is 0 Å². The third kappa shape index (κ3) is 4.17. The number of halogens is 2. The minimum Gasteiger partial charge on any atom is -0.441 e. The number of hydrogen-bond acceptors (Lipinski definition) is 3. The zero-order valence-electron chi connectivity index (χ0n) is 15.3. The lowest BCUT2D eigenvalue weighted by Crippen LogP contribution is -2.30. The van der Waals surface area contributed by atoms with Crippen LogP contribution in [-0.4, -0.2) is 22.3 Å². The number of aromatic nitrogens is 1. The molecule has 0 aliphatic carbocycles. The fourth-order valence-corrected chi connectivity index (χ4v) is 4.07. The number of hydrogen-bond donors (Lipinski definition) is 0. The zero-order chi connectivity index (χ0) is 19.5. The third-order valence-electron chi connectivity index (χ3n) is 5.04. The maximum absolute atomic E-state index is 13.1. The Kier molecular flexibility index (Phi) is 5.57. The van der Waals surface area contributed by atoms with Crippen molar-refractivity contribution < 1.29 is 13.6 Å².